The van der Waals surface area contributed by atoms with Crippen molar-refractivity contribution in [2.75, 3.05) is 0 Å². The van der Waals surface area contributed by atoms with Crippen LogP contribution in [0.15, 0.2) is 194 Å². The maximum atomic E-state index is 5.03. The van der Waals surface area contributed by atoms with Gasteiger partial charge in [0.05, 0.1) is 11.4 Å². The fraction of sp³-hybridized carbons (Fsp3) is 0.0566. The van der Waals surface area contributed by atoms with Crippen molar-refractivity contribution in [1.82, 2.24) is 9.97 Å². The van der Waals surface area contributed by atoms with Gasteiger partial charge in [-0.1, -0.05) is 178 Å². The Morgan fingerprint density at radius 3 is 1.47 bits per heavy atom. The number of hydrogen-bond donors (Lipinski definition) is 0. The predicted octanol–water partition coefficient (Wildman–Crippen LogP) is 13.9. The first kappa shape index (κ1) is 32.7. The quantitative estimate of drug-likeness (QED) is 0.172. The second kappa shape index (κ2) is 13.2. The van der Waals surface area contributed by atoms with Crippen LogP contribution in [0.3, 0.4) is 0 Å². The fourth-order valence-electron chi connectivity index (χ4n) is 8.27. The second-order valence-electron chi connectivity index (χ2n) is 15.1. The molecule has 0 fully saturated rings. The highest BCUT2D eigenvalue weighted by Crippen LogP contribution is 2.49. The van der Waals surface area contributed by atoms with Crippen molar-refractivity contribution >= 4 is 10.8 Å². The summed E-state index contributed by atoms with van der Waals surface area (Å²) in [6.07, 6.45) is 0. The molecule has 1 heterocycles. The van der Waals surface area contributed by atoms with Gasteiger partial charge in [-0.05, 0) is 96.7 Å². The number of benzene rings is 8. The van der Waals surface area contributed by atoms with E-state index in [1.807, 2.05) is 36.4 Å². The van der Waals surface area contributed by atoms with E-state index in [1.165, 1.54) is 66.4 Å². The van der Waals surface area contributed by atoms with Crippen molar-refractivity contribution in [2.24, 2.45) is 0 Å². The van der Waals surface area contributed by atoms with Gasteiger partial charge in [0.25, 0.3) is 0 Å². The Hall–Kier alpha value is -6.90. The molecule has 0 N–H and O–H groups in total. The van der Waals surface area contributed by atoms with E-state index in [0.29, 0.717) is 0 Å². The summed E-state index contributed by atoms with van der Waals surface area (Å²) in [4.78, 5) is 9.98. The Kier molecular flexibility index (Phi) is 7.85. The summed E-state index contributed by atoms with van der Waals surface area (Å²) < 4.78 is 0. The first-order valence-electron chi connectivity index (χ1n) is 19.0. The molecule has 10 rings (SSSR count). The van der Waals surface area contributed by atoms with Crippen LogP contribution in [0.1, 0.15) is 25.0 Å². The fourth-order valence-corrected chi connectivity index (χ4v) is 8.27. The molecule has 1 aromatic heterocycles. The van der Waals surface area contributed by atoms with Crippen LogP contribution >= 0.6 is 0 Å². The van der Waals surface area contributed by atoms with E-state index < -0.39 is 0 Å². The highest BCUT2D eigenvalue weighted by molar-refractivity contribution is 5.92. The minimum Gasteiger partial charge on any atom is -0.228 e. The highest BCUT2D eigenvalue weighted by Gasteiger charge is 2.35. The summed E-state index contributed by atoms with van der Waals surface area (Å²) >= 11 is 0. The van der Waals surface area contributed by atoms with E-state index in [2.05, 4.69) is 172 Å². The van der Waals surface area contributed by atoms with E-state index >= 15 is 0 Å². The summed E-state index contributed by atoms with van der Waals surface area (Å²) in [5, 5.41) is 2.45. The normalized spacial score (nSPS) is 12.7. The van der Waals surface area contributed by atoms with Gasteiger partial charge in [0.15, 0.2) is 5.82 Å². The molecule has 8 aromatic carbocycles. The Labute approximate surface area is 322 Å². The monoisotopic (exact) mass is 702 g/mol. The van der Waals surface area contributed by atoms with Gasteiger partial charge in [-0.3, -0.25) is 0 Å². The van der Waals surface area contributed by atoms with Crippen molar-refractivity contribution < 1.29 is 0 Å². The van der Waals surface area contributed by atoms with Gasteiger partial charge >= 0.3 is 0 Å². The molecule has 9 aromatic rings. The summed E-state index contributed by atoms with van der Waals surface area (Å²) in [7, 11) is 0. The second-order valence-corrected chi connectivity index (χ2v) is 15.1. The summed E-state index contributed by atoms with van der Waals surface area (Å²) in [5.41, 5.74) is 17.7. The van der Waals surface area contributed by atoms with E-state index in [1.54, 1.807) is 0 Å². The van der Waals surface area contributed by atoms with Crippen LogP contribution in [0, 0.1) is 0 Å². The molecule has 0 unspecified atom stereocenters. The van der Waals surface area contributed by atoms with Crippen molar-refractivity contribution in [2.45, 2.75) is 19.3 Å². The molecule has 0 saturated carbocycles. The molecule has 0 spiro atoms. The first-order valence-corrected chi connectivity index (χ1v) is 19.0. The first-order chi connectivity index (χ1) is 27.0. The molecule has 0 amide bonds. The van der Waals surface area contributed by atoms with Crippen molar-refractivity contribution in [3.63, 3.8) is 0 Å². The molecule has 1 aliphatic carbocycles. The molecule has 0 radical (unpaired) electrons. The summed E-state index contributed by atoms with van der Waals surface area (Å²) in [6, 6.07) is 69.7. The molecule has 55 heavy (non-hydrogen) atoms. The number of rotatable bonds is 6. The molecule has 260 valence electrons. The lowest BCUT2D eigenvalue weighted by Gasteiger charge is -2.22. The van der Waals surface area contributed by atoms with Crippen LogP contribution in [0.4, 0.5) is 0 Å². The lowest BCUT2D eigenvalue weighted by Crippen LogP contribution is -2.14. The molecule has 0 saturated heterocycles. The van der Waals surface area contributed by atoms with E-state index in [9.17, 15) is 0 Å². The molecule has 1 aliphatic rings. The van der Waals surface area contributed by atoms with Crippen molar-refractivity contribution in [1.29, 1.82) is 0 Å². The topological polar surface area (TPSA) is 25.8 Å². The van der Waals surface area contributed by atoms with Crippen LogP contribution < -0.4 is 0 Å². The van der Waals surface area contributed by atoms with Gasteiger partial charge < -0.3 is 0 Å². The predicted molar refractivity (Wildman–Crippen MR) is 230 cm³/mol. The lowest BCUT2D eigenvalue weighted by atomic mass is 9.81. The Balaban J connectivity index is 0.956. The Morgan fingerprint density at radius 2 is 0.782 bits per heavy atom. The average molecular weight is 703 g/mol. The van der Waals surface area contributed by atoms with Crippen LogP contribution in [-0.4, -0.2) is 9.97 Å². The zero-order valence-corrected chi connectivity index (χ0v) is 30.9. The van der Waals surface area contributed by atoms with Crippen molar-refractivity contribution in [3.8, 4) is 78.4 Å². The Morgan fingerprint density at radius 1 is 0.309 bits per heavy atom. The molecular formula is C53H38N2. The van der Waals surface area contributed by atoms with Crippen molar-refractivity contribution in [3.05, 3.63) is 205 Å². The average Bonchev–Trinajstić information content (AvgIpc) is 3.49. The lowest BCUT2D eigenvalue weighted by molar-refractivity contribution is 0.660. The van der Waals surface area contributed by atoms with Gasteiger partial charge in [-0.2, -0.15) is 0 Å². The third-order valence-corrected chi connectivity index (χ3v) is 11.3. The SMILES string of the molecule is CC1(C)c2ccccc2-c2ccc(-c3cccc(-c4ccc5ccc(-c6ccc(-c7cc(-c8ccccc8)nc(-c8ccccc8)n7)cc6)cc5c4)c3)cc21. The minimum absolute atomic E-state index is 0.0242. The van der Waals surface area contributed by atoms with Crippen LogP contribution in [-0.2, 0) is 5.41 Å². The maximum absolute atomic E-state index is 5.03. The van der Waals surface area contributed by atoms with Gasteiger partial charge in [-0.25, -0.2) is 9.97 Å². The molecule has 0 atom stereocenters. The Bertz CT molecular complexity index is 2810. The smallest absolute Gasteiger partial charge is 0.160 e. The number of hydrogen-bond acceptors (Lipinski definition) is 2. The zero-order valence-electron chi connectivity index (χ0n) is 30.9. The van der Waals surface area contributed by atoms with E-state index in [4.69, 9.17) is 9.97 Å². The van der Waals surface area contributed by atoms with E-state index in [0.717, 1.165) is 33.9 Å². The number of nitrogens with zero attached hydrogens (tertiary/aromatic N) is 2. The maximum Gasteiger partial charge on any atom is 0.160 e. The molecule has 0 aliphatic heterocycles. The third kappa shape index (κ3) is 5.93. The number of fused-ring (bicyclic) bond motifs is 4. The van der Waals surface area contributed by atoms with Gasteiger partial charge in [0.2, 0.25) is 0 Å². The van der Waals surface area contributed by atoms with E-state index in [-0.39, 0.29) is 5.41 Å². The highest BCUT2D eigenvalue weighted by atomic mass is 14.9. The minimum atomic E-state index is -0.0242. The van der Waals surface area contributed by atoms with Gasteiger partial charge in [0.1, 0.15) is 0 Å². The van der Waals surface area contributed by atoms with Gasteiger partial charge in [-0.15, -0.1) is 0 Å². The number of aromatic nitrogens is 2. The summed E-state index contributed by atoms with van der Waals surface area (Å²) in [5.74, 6) is 0.721. The van der Waals surface area contributed by atoms with Gasteiger partial charge in [0, 0.05) is 22.1 Å². The molecule has 0 bridgehead atoms. The zero-order chi connectivity index (χ0) is 36.9. The molecule has 2 nitrogen and oxygen atoms in total. The van der Waals surface area contributed by atoms with Crippen LogP contribution in [0.25, 0.3) is 89.2 Å². The van der Waals surface area contributed by atoms with Crippen LogP contribution in [0.2, 0.25) is 0 Å². The molecule has 2 heteroatoms. The summed E-state index contributed by atoms with van der Waals surface area (Å²) in [6.45, 7) is 4.69. The standard InChI is InChI=1S/C53H38N2/c1-53(2)48-19-10-9-18-46(48)47-29-28-44(33-49(47)53)41-17-11-16-40(30-41)43-27-23-36-22-26-42(31-45(36)32-43)35-20-24-38(25-21-35)51-34-50(37-12-5-3-6-13-37)54-52(55-51)39-14-7-4-8-15-39/h3-34H,1-2H3. The third-order valence-electron chi connectivity index (χ3n) is 11.3. The molecular weight excluding hydrogens is 665 g/mol. The largest absolute Gasteiger partial charge is 0.228 e. The van der Waals surface area contributed by atoms with Crippen LogP contribution in [0.5, 0.6) is 0 Å².